The van der Waals surface area contributed by atoms with E-state index in [-0.39, 0.29) is 5.91 Å². The quantitative estimate of drug-likeness (QED) is 0.361. The van der Waals surface area contributed by atoms with Crippen LogP contribution in [-0.4, -0.2) is 27.8 Å². The Hall–Kier alpha value is -3.98. The van der Waals surface area contributed by atoms with Crippen molar-refractivity contribution in [2.75, 3.05) is 17.7 Å². The first kappa shape index (κ1) is 21.8. The van der Waals surface area contributed by atoms with Crippen LogP contribution in [0.3, 0.4) is 0 Å². The number of hydrogen-bond acceptors (Lipinski definition) is 7. The number of nitrogens with one attached hydrogen (secondary N) is 2. The van der Waals surface area contributed by atoms with Gasteiger partial charge in [-0.2, -0.15) is 4.98 Å². The van der Waals surface area contributed by atoms with Gasteiger partial charge in [-0.05, 0) is 36.8 Å². The van der Waals surface area contributed by atoms with Crippen LogP contribution in [0.25, 0.3) is 0 Å². The maximum Gasteiger partial charge on any atom is 0.256 e. The molecular weight excluding hydrogens is 450 g/mol. The molecule has 4 aromatic rings. The fourth-order valence-corrected chi connectivity index (χ4v) is 4.64. The van der Waals surface area contributed by atoms with Gasteiger partial charge >= 0.3 is 0 Å². The Morgan fingerprint density at radius 1 is 1.15 bits per heavy atom. The van der Waals surface area contributed by atoms with Gasteiger partial charge in [0.1, 0.15) is 17.6 Å². The first-order valence-electron chi connectivity index (χ1n) is 10.7. The van der Waals surface area contributed by atoms with Gasteiger partial charge < -0.3 is 19.8 Å². The van der Waals surface area contributed by atoms with Crippen LogP contribution in [0, 0.1) is 0 Å². The first-order chi connectivity index (χ1) is 16.6. The molecule has 2 N–H and O–H groups in total. The Labute approximate surface area is 201 Å². The van der Waals surface area contributed by atoms with Crippen LogP contribution in [0.15, 0.2) is 93.8 Å². The number of hydrogen-bond donors (Lipinski definition) is 2. The van der Waals surface area contributed by atoms with E-state index in [4.69, 9.17) is 14.3 Å². The van der Waals surface area contributed by atoms with E-state index in [2.05, 4.69) is 27.8 Å². The number of allylic oxidation sites excluding steroid dienone is 1. The van der Waals surface area contributed by atoms with Crippen LogP contribution in [0.1, 0.15) is 24.3 Å². The van der Waals surface area contributed by atoms with E-state index in [9.17, 15) is 4.79 Å². The number of carbonyl (C=O) groups excluding carboxylic acids is 1. The lowest BCUT2D eigenvalue weighted by atomic mass is 10.00. The molecule has 1 atom stereocenters. The number of rotatable bonds is 7. The molecule has 2 aromatic carbocycles. The minimum Gasteiger partial charge on any atom is -0.495 e. The second kappa shape index (κ2) is 9.48. The van der Waals surface area contributed by atoms with Gasteiger partial charge in [0.2, 0.25) is 11.1 Å². The monoisotopic (exact) mass is 473 g/mol. The maximum absolute atomic E-state index is 13.5. The Kier molecular flexibility index (Phi) is 6.09. The summed E-state index contributed by atoms with van der Waals surface area (Å²) in [4.78, 5) is 18.2. The Morgan fingerprint density at radius 2 is 1.94 bits per heavy atom. The summed E-state index contributed by atoms with van der Waals surface area (Å²) in [6.07, 6.45) is 1.59. The first-order valence-corrected chi connectivity index (χ1v) is 11.7. The number of carbonyl (C=O) groups is 1. The topological polar surface area (TPSA) is 94.2 Å². The number of anilines is 2. The molecule has 3 heterocycles. The van der Waals surface area contributed by atoms with Crippen molar-refractivity contribution in [3.63, 3.8) is 0 Å². The normalized spacial score (nSPS) is 14.9. The minimum atomic E-state index is -0.570. The van der Waals surface area contributed by atoms with Crippen LogP contribution in [0.4, 0.5) is 11.6 Å². The number of ether oxygens (including phenoxy) is 1. The zero-order valence-electron chi connectivity index (χ0n) is 18.7. The van der Waals surface area contributed by atoms with Crippen molar-refractivity contribution in [2.24, 2.45) is 0 Å². The highest BCUT2D eigenvalue weighted by Crippen LogP contribution is 2.37. The largest absolute Gasteiger partial charge is 0.495 e. The van der Waals surface area contributed by atoms with Gasteiger partial charge in [-0.25, -0.2) is 4.68 Å². The third-order valence-electron chi connectivity index (χ3n) is 5.46. The van der Waals surface area contributed by atoms with Gasteiger partial charge in [-0.3, -0.25) is 4.79 Å². The van der Waals surface area contributed by atoms with Gasteiger partial charge in [0.05, 0.1) is 24.6 Å². The molecule has 0 aliphatic carbocycles. The summed E-state index contributed by atoms with van der Waals surface area (Å²) in [5, 5.41) is 11.5. The fraction of sp³-hybridized carbons (Fsp3) is 0.160. The lowest BCUT2D eigenvalue weighted by Gasteiger charge is -2.27. The van der Waals surface area contributed by atoms with Crippen LogP contribution in [-0.2, 0) is 10.5 Å². The highest BCUT2D eigenvalue weighted by molar-refractivity contribution is 7.98. The van der Waals surface area contributed by atoms with E-state index in [0.717, 1.165) is 5.75 Å². The molecule has 2 aromatic heterocycles. The minimum absolute atomic E-state index is 0.282. The summed E-state index contributed by atoms with van der Waals surface area (Å²) in [7, 11) is 1.57. The number of methoxy groups -OCH3 is 1. The number of furan rings is 1. The van der Waals surface area contributed by atoms with E-state index in [1.807, 2.05) is 43.3 Å². The van der Waals surface area contributed by atoms with Crippen molar-refractivity contribution in [1.29, 1.82) is 0 Å². The number of nitrogens with zero attached hydrogens (tertiary/aromatic N) is 3. The van der Waals surface area contributed by atoms with Crippen LogP contribution < -0.4 is 15.4 Å². The zero-order chi connectivity index (χ0) is 23.5. The molecule has 34 heavy (non-hydrogen) atoms. The molecule has 1 aliphatic rings. The van der Waals surface area contributed by atoms with Crippen molar-refractivity contribution < 1.29 is 13.9 Å². The van der Waals surface area contributed by atoms with Gasteiger partial charge in [-0.15, -0.1) is 5.10 Å². The molecule has 8 nitrogen and oxygen atoms in total. The van der Waals surface area contributed by atoms with Crippen molar-refractivity contribution in [1.82, 2.24) is 14.8 Å². The Morgan fingerprint density at radius 3 is 2.71 bits per heavy atom. The van der Waals surface area contributed by atoms with E-state index in [0.29, 0.717) is 39.6 Å². The van der Waals surface area contributed by atoms with Gasteiger partial charge in [-0.1, -0.05) is 54.2 Å². The van der Waals surface area contributed by atoms with Crippen LogP contribution >= 0.6 is 11.8 Å². The van der Waals surface area contributed by atoms with E-state index < -0.39 is 6.04 Å². The molecule has 1 amide bonds. The van der Waals surface area contributed by atoms with Crippen molar-refractivity contribution in [3.05, 3.63) is 95.6 Å². The highest BCUT2D eigenvalue weighted by Gasteiger charge is 2.36. The molecular formula is C25H23N5O3S. The maximum atomic E-state index is 13.5. The number of benzene rings is 2. The molecule has 0 bridgehead atoms. The molecule has 5 rings (SSSR count). The third kappa shape index (κ3) is 4.29. The van der Waals surface area contributed by atoms with Gasteiger partial charge in [0.15, 0.2) is 0 Å². The van der Waals surface area contributed by atoms with Crippen molar-refractivity contribution >= 4 is 29.3 Å². The molecule has 1 unspecified atom stereocenters. The van der Waals surface area contributed by atoms with Gasteiger partial charge in [0, 0.05) is 11.4 Å². The number of para-hydroxylation sites is 2. The van der Waals surface area contributed by atoms with Crippen molar-refractivity contribution in [3.8, 4) is 5.75 Å². The predicted molar refractivity (Wildman–Crippen MR) is 131 cm³/mol. The summed E-state index contributed by atoms with van der Waals surface area (Å²) in [6.45, 7) is 1.85. The Bertz CT molecular complexity index is 1330. The number of amides is 1. The summed E-state index contributed by atoms with van der Waals surface area (Å²) in [5.41, 5.74) is 2.92. The van der Waals surface area contributed by atoms with E-state index in [1.165, 1.54) is 17.3 Å². The second-order valence-corrected chi connectivity index (χ2v) is 8.62. The fourth-order valence-electron chi connectivity index (χ4n) is 3.86. The van der Waals surface area contributed by atoms with Crippen LogP contribution in [0.2, 0.25) is 0 Å². The molecule has 0 saturated carbocycles. The van der Waals surface area contributed by atoms with E-state index in [1.54, 1.807) is 36.3 Å². The summed E-state index contributed by atoms with van der Waals surface area (Å²) >= 11 is 1.54. The zero-order valence-corrected chi connectivity index (χ0v) is 19.5. The molecule has 1 aliphatic heterocycles. The Balaban J connectivity index is 1.46. The van der Waals surface area contributed by atoms with E-state index >= 15 is 0 Å². The number of fused-ring (bicyclic) bond motifs is 1. The summed E-state index contributed by atoms with van der Waals surface area (Å²) in [5.74, 6) is 2.19. The molecule has 0 spiro atoms. The molecule has 0 fully saturated rings. The standard InChI is InChI=1S/C25H23N5O3S/c1-16-21(23(31)27-18-11-6-7-12-19(18)32-2)22(20-13-8-14-33-20)30-24(26-16)28-25(29-30)34-15-17-9-4-3-5-10-17/h3-14,22H,15H2,1-2H3,(H,27,31)(H,26,28,29). The molecule has 0 saturated heterocycles. The average Bonchev–Trinajstić information content (AvgIpc) is 3.53. The van der Waals surface area contributed by atoms with Gasteiger partial charge in [0.25, 0.3) is 5.91 Å². The summed E-state index contributed by atoms with van der Waals surface area (Å²) < 4.78 is 12.8. The third-order valence-corrected chi connectivity index (χ3v) is 6.37. The molecule has 9 heteroatoms. The predicted octanol–water partition coefficient (Wildman–Crippen LogP) is 5.10. The van der Waals surface area contributed by atoms with Crippen molar-refractivity contribution in [2.45, 2.75) is 23.9 Å². The number of aromatic nitrogens is 3. The lowest BCUT2D eigenvalue weighted by molar-refractivity contribution is -0.113. The summed E-state index contributed by atoms with van der Waals surface area (Å²) in [6, 6.07) is 20.5. The molecule has 0 radical (unpaired) electrons. The SMILES string of the molecule is COc1ccccc1NC(=O)C1=C(C)Nc2nc(SCc3ccccc3)nn2C1c1ccco1. The van der Waals surface area contributed by atoms with Crippen LogP contribution in [0.5, 0.6) is 5.75 Å². The average molecular weight is 474 g/mol. The second-order valence-electron chi connectivity index (χ2n) is 7.67. The number of thioether (sulfide) groups is 1. The lowest BCUT2D eigenvalue weighted by Crippen LogP contribution is -2.31. The highest BCUT2D eigenvalue weighted by atomic mass is 32.2. The molecule has 172 valence electrons. The smallest absolute Gasteiger partial charge is 0.256 e.